The van der Waals surface area contributed by atoms with Gasteiger partial charge in [0.1, 0.15) is 0 Å². The molecular weight excluding hydrogens is 220 g/mol. The Morgan fingerprint density at radius 3 is 2.88 bits per heavy atom. The van der Waals surface area contributed by atoms with Crippen LogP contribution in [0.15, 0.2) is 6.07 Å². The minimum atomic E-state index is -0.216. The number of ether oxygens (including phenoxy) is 1. The number of nitriles is 1. The molecule has 1 rings (SSSR count). The second kappa shape index (κ2) is 5.34. The van der Waals surface area contributed by atoms with Crippen molar-refractivity contribution in [3.05, 3.63) is 11.8 Å². The molecule has 0 fully saturated rings. The summed E-state index contributed by atoms with van der Waals surface area (Å²) in [4.78, 5) is 13.5. The molecule has 1 heterocycles. The van der Waals surface area contributed by atoms with E-state index in [0.717, 1.165) is 0 Å². The Kier molecular flexibility index (Phi) is 4.10. The molecule has 6 heteroatoms. The zero-order chi connectivity index (χ0) is 13.0. The molecule has 0 saturated carbocycles. The fourth-order valence-corrected chi connectivity index (χ4v) is 1.40. The van der Waals surface area contributed by atoms with E-state index in [4.69, 9.17) is 10.00 Å². The van der Waals surface area contributed by atoms with Crippen LogP contribution in [0.5, 0.6) is 5.88 Å². The third-order valence-corrected chi connectivity index (χ3v) is 2.63. The van der Waals surface area contributed by atoms with Crippen molar-refractivity contribution in [2.75, 3.05) is 14.2 Å². The quantitative estimate of drug-likeness (QED) is 0.775. The first-order valence-corrected chi connectivity index (χ1v) is 5.23. The van der Waals surface area contributed by atoms with Crippen LogP contribution >= 0.6 is 0 Å². The average Bonchev–Trinajstić information content (AvgIpc) is 2.68. The average molecular weight is 236 g/mol. The summed E-state index contributed by atoms with van der Waals surface area (Å²) in [6.45, 7) is 1.82. The Morgan fingerprint density at radius 1 is 1.76 bits per heavy atom. The number of hydrogen-bond acceptors (Lipinski definition) is 4. The molecule has 1 unspecified atom stereocenters. The summed E-state index contributed by atoms with van der Waals surface area (Å²) < 4.78 is 6.54. The zero-order valence-electron chi connectivity index (χ0n) is 10.5. The highest BCUT2D eigenvalue weighted by atomic mass is 16.5. The Balaban J connectivity index is 2.85. The monoisotopic (exact) mass is 236 g/mol. The lowest BCUT2D eigenvalue weighted by Crippen LogP contribution is -2.35. The van der Waals surface area contributed by atoms with Gasteiger partial charge in [-0.1, -0.05) is 0 Å². The molecule has 0 aliphatic carbocycles. The van der Waals surface area contributed by atoms with Gasteiger partial charge in [0.05, 0.1) is 19.6 Å². The Morgan fingerprint density at radius 2 is 2.41 bits per heavy atom. The summed E-state index contributed by atoms with van der Waals surface area (Å²) in [5.74, 6) is 0.307. The van der Waals surface area contributed by atoms with E-state index in [0.29, 0.717) is 18.0 Å². The third-order valence-electron chi connectivity index (χ3n) is 2.63. The van der Waals surface area contributed by atoms with Gasteiger partial charge in [-0.25, -0.2) is 4.68 Å². The van der Waals surface area contributed by atoms with E-state index in [9.17, 15) is 4.79 Å². The molecule has 1 amide bonds. The van der Waals surface area contributed by atoms with Gasteiger partial charge in [0.15, 0.2) is 5.69 Å². The summed E-state index contributed by atoms with van der Waals surface area (Å²) in [5.41, 5.74) is 0.316. The number of aromatic nitrogens is 2. The maximum atomic E-state index is 12.0. The van der Waals surface area contributed by atoms with Gasteiger partial charge >= 0.3 is 0 Å². The van der Waals surface area contributed by atoms with Crippen molar-refractivity contribution >= 4 is 5.91 Å². The molecule has 17 heavy (non-hydrogen) atoms. The predicted molar refractivity (Wildman–Crippen MR) is 61.5 cm³/mol. The van der Waals surface area contributed by atoms with Crippen molar-refractivity contribution < 1.29 is 9.53 Å². The molecule has 1 atom stereocenters. The molecular formula is C11H16N4O2. The van der Waals surface area contributed by atoms with Crippen molar-refractivity contribution in [2.45, 2.75) is 19.4 Å². The van der Waals surface area contributed by atoms with Crippen LogP contribution in [-0.2, 0) is 7.05 Å². The number of carbonyl (C=O) groups excluding carboxylic acids is 1. The number of carbonyl (C=O) groups is 1. The summed E-state index contributed by atoms with van der Waals surface area (Å²) in [5, 5.41) is 12.7. The van der Waals surface area contributed by atoms with Gasteiger partial charge in [0.2, 0.25) is 5.88 Å². The highest BCUT2D eigenvalue weighted by Crippen LogP contribution is 2.14. The molecule has 0 aliphatic rings. The van der Waals surface area contributed by atoms with Crippen molar-refractivity contribution in [3.63, 3.8) is 0 Å². The van der Waals surface area contributed by atoms with E-state index in [-0.39, 0.29) is 11.9 Å². The third kappa shape index (κ3) is 2.75. The first kappa shape index (κ1) is 13.0. The van der Waals surface area contributed by atoms with Crippen LogP contribution in [0, 0.1) is 11.3 Å². The SMILES string of the molecule is COc1cc(C(=O)N(C)C(C)CC#N)nn1C. The second-order valence-corrected chi connectivity index (χ2v) is 3.82. The number of aryl methyl sites for hydroxylation is 1. The lowest BCUT2D eigenvalue weighted by molar-refractivity contribution is 0.0739. The number of amides is 1. The van der Waals surface area contributed by atoms with E-state index in [1.165, 1.54) is 16.7 Å². The first-order chi connectivity index (χ1) is 8.01. The summed E-state index contributed by atoms with van der Waals surface area (Å²) >= 11 is 0. The highest BCUT2D eigenvalue weighted by molar-refractivity contribution is 5.92. The Labute approximate surface area is 100 Å². The molecule has 6 nitrogen and oxygen atoms in total. The van der Waals surface area contributed by atoms with Gasteiger partial charge in [0.25, 0.3) is 5.91 Å². The van der Waals surface area contributed by atoms with Gasteiger partial charge in [-0.05, 0) is 6.92 Å². The maximum absolute atomic E-state index is 12.0. The van der Waals surface area contributed by atoms with Gasteiger partial charge < -0.3 is 9.64 Å². The molecule has 0 bridgehead atoms. The van der Waals surface area contributed by atoms with Gasteiger partial charge in [0, 0.05) is 26.2 Å². The van der Waals surface area contributed by atoms with Gasteiger partial charge in [-0.2, -0.15) is 10.4 Å². The minimum absolute atomic E-state index is 0.138. The van der Waals surface area contributed by atoms with Crippen molar-refractivity contribution in [2.24, 2.45) is 7.05 Å². The molecule has 0 aromatic carbocycles. The summed E-state index contributed by atoms with van der Waals surface area (Å²) in [6.07, 6.45) is 0.298. The number of rotatable bonds is 4. The smallest absolute Gasteiger partial charge is 0.274 e. The molecule has 0 spiro atoms. The van der Waals surface area contributed by atoms with Crippen LogP contribution in [0.25, 0.3) is 0 Å². The predicted octanol–water partition coefficient (Wildman–Crippen LogP) is 0.803. The number of methoxy groups -OCH3 is 1. The fraction of sp³-hybridized carbons (Fsp3) is 0.545. The molecule has 0 saturated heterocycles. The molecule has 0 N–H and O–H groups in total. The Hall–Kier alpha value is -2.03. The van der Waals surface area contributed by atoms with E-state index >= 15 is 0 Å². The first-order valence-electron chi connectivity index (χ1n) is 5.23. The standard InChI is InChI=1S/C11H16N4O2/c1-8(5-6-12)14(2)11(16)9-7-10(17-4)15(3)13-9/h7-8H,5H2,1-4H3. The van der Waals surface area contributed by atoms with Crippen LogP contribution in [-0.4, -0.2) is 40.8 Å². The molecule has 1 aromatic rings. The molecule has 0 aliphatic heterocycles. The van der Waals surface area contributed by atoms with Crippen LogP contribution in [0.4, 0.5) is 0 Å². The molecule has 0 radical (unpaired) electrons. The lowest BCUT2D eigenvalue weighted by Gasteiger charge is -2.21. The van der Waals surface area contributed by atoms with Crippen molar-refractivity contribution in [1.29, 1.82) is 5.26 Å². The van der Waals surface area contributed by atoms with Crippen LogP contribution < -0.4 is 4.74 Å². The number of hydrogen-bond donors (Lipinski definition) is 0. The lowest BCUT2D eigenvalue weighted by atomic mass is 10.2. The van der Waals surface area contributed by atoms with Crippen molar-refractivity contribution in [3.8, 4) is 11.9 Å². The van der Waals surface area contributed by atoms with Gasteiger partial charge in [-0.3, -0.25) is 4.79 Å². The highest BCUT2D eigenvalue weighted by Gasteiger charge is 2.20. The Bertz CT molecular complexity index is 447. The summed E-state index contributed by atoms with van der Waals surface area (Å²) in [7, 11) is 4.88. The molecule has 92 valence electrons. The normalized spacial score (nSPS) is 11.7. The zero-order valence-corrected chi connectivity index (χ0v) is 10.5. The fourth-order valence-electron chi connectivity index (χ4n) is 1.40. The maximum Gasteiger partial charge on any atom is 0.274 e. The van der Waals surface area contributed by atoms with E-state index in [1.54, 1.807) is 20.2 Å². The summed E-state index contributed by atoms with van der Waals surface area (Å²) in [6, 6.07) is 3.48. The minimum Gasteiger partial charge on any atom is -0.481 e. The second-order valence-electron chi connectivity index (χ2n) is 3.82. The van der Waals surface area contributed by atoms with Crippen molar-refractivity contribution in [1.82, 2.24) is 14.7 Å². The van der Waals surface area contributed by atoms with E-state index in [2.05, 4.69) is 5.10 Å². The van der Waals surface area contributed by atoms with E-state index in [1.807, 2.05) is 13.0 Å². The topological polar surface area (TPSA) is 71.2 Å². The van der Waals surface area contributed by atoms with Gasteiger partial charge in [-0.15, -0.1) is 0 Å². The number of nitrogens with zero attached hydrogens (tertiary/aromatic N) is 4. The van der Waals surface area contributed by atoms with Crippen LogP contribution in [0.3, 0.4) is 0 Å². The molecule has 1 aromatic heterocycles. The van der Waals surface area contributed by atoms with Crippen LogP contribution in [0.2, 0.25) is 0 Å². The van der Waals surface area contributed by atoms with Crippen LogP contribution in [0.1, 0.15) is 23.8 Å². The van der Waals surface area contributed by atoms with E-state index < -0.39 is 0 Å². The largest absolute Gasteiger partial charge is 0.481 e.